The molecule has 12 heteroatoms. The monoisotopic (exact) mass is 857 g/mol. The smallest absolute Gasteiger partial charge is 0.462 e. The number of carbonyl (C=O) groups is 2. The van der Waals surface area contributed by atoms with Crippen molar-refractivity contribution >= 4 is 19.8 Å². The van der Waals surface area contributed by atoms with Gasteiger partial charge in [0, 0.05) is 12.8 Å². The van der Waals surface area contributed by atoms with E-state index in [4.69, 9.17) is 19.1 Å². The van der Waals surface area contributed by atoms with E-state index >= 15 is 0 Å². The Labute approximate surface area is 358 Å². The van der Waals surface area contributed by atoms with Crippen LogP contribution in [0.4, 0.5) is 0 Å². The Morgan fingerprint density at radius 2 is 1.19 bits per heavy atom. The lowest BCUT2D eigenvalue weighted by molar-refractivity contribution is -0.161. The van der Waals surface area contributed by atoms with Crippen LogP contribution in [0.3, 0.4) is 0 Å². The number of unbranched alkanes of at least 4 members (excludes halogenated alkanes) is 18. The molecule has 0 saturated carbocycles. The summed E-state index contributed by atoms with van der Waals surface area (Å²) in [5.74, 6) is -0.231. The van der Waals surface area contributed by atoms with E-state index in [9.17, 15) is 29.3 Å². The molecule has 0 heterocycles. The van der Waals surface area contributed by atoms with Crippen molar-refractivity contribution in [2.24, 2.45) is 5.92 Å². The molecular weight excluding hydrogens is 771 g/mol. The third kappa shape index (κ3) is 42.4. The molecule has 0 radical (unpaired) electrons. The van der Waals surface area contributed by atoms with Gasteiger partial charge in [0.2, 0.25) is 0 Å². The van der Waals surface area contributed by atoms with Crippen LogP contribution in [0.5, 0.6) is 0 Å². The van der Waals surface area contributed by atoms with Crippen molar-refractivity contribution in [2.75, 3.05) is 26.4 Å². The predicted molar refractivity (Wildman–Crippen MR) is 239 cm³/mol. The zero-order valence-electron chi connectivity index (χ0n) is 37.2. The first-order valence-corrected chi connectivity index (χ1v) is 24.6. The molecule has 0 aliphatic rings. The van der Waals surface area contributed by atoms with Crippen LogP contribution in [-0.2, 0) is 32.7 Å². The quantitative estimate of drug-likeness (QED) is 0.0151. The fraction of sp³-hybridized carbons (Fsp3) is 0.787. The summed E-state index contributed by atoms with van der Waals surface area (Å²) in [6.45, 7) is 4.54. The van der Waals surface area contributed by atoms with Gasteiger partial charge in [-0.25, -0.2) is 4.57 Å². The van der Waals surface area contributed by atoms with Crippen LogP contribution < -0.4 is 0 Å². The first-order chi connectivity index (χ1) is 28.5. The third-order valence-corrected chi connectivity index (χ3v) is 10.7. The first kappa shape index (κ1) is 56.9. The molecule has 4 N–H and O–H groups in total. The number of esters is 2. The number of carbonyl (C=O) groups excluding carboxylic acids is 2. The van der Waals surface area contributed by atoms with Crippen LogP contribution in [-0.4, -0.2) is 76.9 Å². The molecule has 4 atom stereocenters. The van der Waals surface area contributed by atoms with E-state index in [1.807, 2.05) is 18.2 Å². The van der Waals surface area contributed by atoms with E-state index in [2.05, 4.69) is 43.5 Å². The average molecular weight is 857 g/mol. The van der Waals surface area contributed by atoms with Crippen molar-refractivity contribution in [3.05, 3.63) is 48.6 Å². The normalized spacial score (nSPS) is 14.8. The van der Waals surface area contributed by atoms with Gasteiger partial charge in [-0.05, 0) is 50.9 Å². The van der Waals surface area contributed by atoms with E-state index in [0.717, 1.165) is 38.0 Å². The number of ether oxygens (including phenoxy) is 2. The van der Waals surface area contributed by atoms with Gasteiger partial charge in [0.15, 0.2) is 6.10 Å². The van der Waals surface area contributed by atoms with Crippen molar-refractivity contribution in [3.63, 3.8) is 0 Å². The highest BCUT2D eigenvalue weighted by molar-refractivity contribution is 7.47. The van der Waals surface area contributed by atoms with Crippen LogP contribution >= 0.6 is 7.82 Å². The maximum atomic E-state index is 12.6. The molecule has 0 aromatic carbocycles. The van der Waals surface area contributed by atoms with Crippen LogP contribution in [0.25, 0.3) is 0 Å². The van der Waals surface area contributed by atoms with Gasteiger partial charge >= 0.3 is 19.8 Å². The Morgan fingerprint density at radius 3 is 1.80 bits per heavy atom. The summed E-state index contributed by atoms with van der Waals surface area (Å²) in [5, 5.41) is 28.5. The highest BCUT2D eigenvalue weighted by Gasteiger charge is 2.27. The van der Waals surface area contributed by atoms with E-state index in [0.29, 0.717) is 25.7 Å². The highest BCUT2D eigenvalue weighted by Crippen LogP contribution is 2.43. The Kier molecular flexibility index (Phi) is 39.8. The molecule has 0 spiro atoms. The largest absolute Gasteiger partial charge is 0.472 e. The van der Waals surface area contributed by atoms with Crippen molar-refractivity contribution in [2.45, 2.75) is 206 Å². The van der Waals surface area contributed by atoms with Gasteiger partial charge in [-0.3, -0.25) is 18.6 Å². The predicted octanol–water partition coefficient (Wildman–Crippen LogP) is 11.3. The molecule has 0 rings (SSSR count). The molecule has 0 aliphatic carbocycles. The second-order valence-corrected chi connectivity index (χ2v) is 17.6. The van der Waals surface area contributed by atoms with Crippen molar-refractivity contribution < 1.29 is 52.9 Å². The number of aliphatic hydroxyl groups excluding tert-OH is 3. The molecule has 59 heavy (non-hydrogen) atoms. The van der Waals surface area contributed by atoms with E-state index in [1.165, 1.54) is 96.3 Å². The van der Waals surface area contributed by atoms with Gasteiger partial charge in [-0.15, -0.1) is 0 Å². The summed E-state index contributed by atoms with van der Waals surface area (Å²) in [5.41, 5.74) is 0. The molecule has 0 fully saturated rings. The maximum Gasteiger partial charge on any atom is 0.472 e. The minimum absolute atomic E-state index is 0.107. The Bertz CT molecular complexity index is 1150. The number of allylic oxidation sites excluding steroid dienone is 6. The molecule has 0 bridgehead atoms. The highest BCUT2D eigenvalue weighted by atomic mass is 31.2. The number of phosphoric acid groups is 1. The van der Waals surface area contributed by atoms with Crippen LogP contribution in [0, 0.1) is 5.92 Å². The number of hydrogen-bond donors (Lipinski definition) is 4. The average Bonchev–Trinajstić information content (AvgIpc) is 3.20. The molecule has 0 amide bonds. The summed E-state index contributed by atoms with van der Waals surface area (Å²) in [7, 11) is -4.65. The molecular formula is C47H85O11P. The molecule has 2 unspecified atom stereocenters. The van der Waals surface area contributed by atoms with E-state index < -0.39 is 57.9 Å². The Morgan fingerprint density at radius 1 is 0.627 bits per heavy atom. The molecule has 11 nitrogen and oxygen atoms in total. The fourth-order valence-electron chi connectivity index (χ4n) is 6.13. The SMILES string of the molecule is CCCCC/C=C\C/C=C\CC(O)/C=C\C=C\CCCC(=O)OC[C@H](COP(=O)(O)OC[C@@H](O)CO)OC(=O)CCCCCCCCCCCCCCCCCC(C)C. The lowest BCUT2D eigenvalue weighted by Crippen LogP contribution is -2.29. The zero-order chi connectivity index (χ0) is 43.7. The van der Waals surface area contributed by atoms with Gasteiger partial charge in [0.25, 0.3) is 0 Å². The standard InChI is InChI=1S/C47H85O11P/c1-4-5-6-7-8-16-20-24-29-34-43(49)35-30-25-22-27-31-36-46(51)55-40-45(41-57-59(53,54)56-39-44(50)38-48)58-47(52)37-32-26-21-18-15-13-11-9-10-12-14-17-19-23-28-33-42(2)3/h8,16,22,24-25,29-30,35,42-45,48-50H,4-7,9-15,17-21,23,26-28,31-34,36-41H2,1-3H3,(H,53,54)/b16-8-,25-22+,29-24-,35-30-/t43?,44-,45+/m0/s1. The lowest BCUT2D eigenvalue weighted by atomic mass is 10.0. The van der Waals surface area contributed by atoms with Crippen LogP contribution in [0.15, 0.2) is 48.6 Å². The van der Waals surface area contributed by atoms with Gasteiger partial charge in [-0.2, -0.15) is 0 Å². The molecule has 0 aliphatic heterocycles. The van der Waals surface area contributed by atoms with Gasteiger partial charge in [0.1, 0.15) is 12.7 Å². The van der Waals surface area contributed by atoms with E-state index in [-0.39, 0.29) is 19.4 Å². The summed E-state index contributed by atoms with van der Waals surface area (Å²) >= 11 is 0. The van der Waals surface area contributed by atoms with Gasteiger partial charge < -0.3 is 29.7 Å². The van der Waals surface area contributed by atoms with Crippen molar-refractivity contribution in [3.8, 4) is 0 Å². The Balaban J connectivity index is 4.41. The molecule has 0 saturated heterocycles. The van der Waals surface area contributed by atoms with Crippen LogP contribution in [0.2, 0.25) is 0 Å². The minimum Gasteiger partial charge on any atom is -0.462 e. The second kappa shape index (κ2) is 41.3. The van der Waals surface area contributed by atoms with Gasteiger partial charge in [-0.1, -0.05) is 179 Å². The number of hydrogen-bond acceptors (Lipinski definition) is 10. The number of rotatable bonds is 42. The number of aliphatic hydroxyl groups is 3. The third-order valence-electron chi connectivity index (χ3n) is 9.74. The topological polar surface area (TPSA) is 169 Å². The first-order valence-electron chi connectivity index (χ1n) is 23.1. The summed E-state index contributed by atoms with van der Waals surface area (Å²) < 4.78 is 32.7. The molecule has 0 aromatic heterocycles. The number of phosphoric ester groups is 1. The Hall–Kier alpha value is -2.11. The fourth-order valence-corrected chi connectivity index (χ4v) is 6.92. The summed E-state index contributed by atoms with van der Waals surface area (Å²) in [6, 6.07) is 0. The summed E-state index contributed by atoms with van der Waals surface area (Å²) in [4.78, 5) is 35.0. The van der Waals surface area contributed by atoms with Gasteiger partial charge in [0.05, 0.1) is 25.9 Å². The summed E-state index contributed by atoms with van der Waals surface area (Å²) in [6.07, 6.45) is 39.6. The molecule has 344 valence electrons. The maximum absolute atomic E-state index is 12.6. The van der Waals surface area contributed by atoms with Crippen molar-refractivity contribution in [1.82, 2.24) is 0 Å². The van der Waals surface area contributed by atoms with Crippen LogP contribution in [0.1, 0.15) is 188 Å². The zero-order valence-corrected chi connectivity index (χ0v) is 38.1. The van der Waals surface area contributed by atoms with Crippen molar-refractivity contribution in [1.29, 1.82) is 0 Å². The second-order valence-electron chi connectivity index (χ2n) is 16.1. The molecule has 0 aromatic rings. The lowest BCUT2D eigenvalue weighted by Gasteiger charge is -2.20. The minimum atomic E-state index is -4.65. The van der Waals surface area contributed by atoms with E-state index in [1.54, 1.807) is 12.2 Å².